The average Bonchev–Trinajstić information content (AvgIpc) is 3.17. The molecule has 2 aromatic heterocycles. The van der Waals surface area contributed by atoms with Gasteiger partial charge in [0.15, 0.2) is 0 Å². The molecule has 1 fully saturated rings. The molecule has 4 rings (SSSR count). The predicted octanol–water partition coefficient (Wildman–Crippen LogP) is 2.89. The van der Waals surface area contributed by atoms with E-state index >= 15 is 0 Å². The molecule has 6 nitrogen and oxygen atoms in total. The van der Waals surface area contributed by atoms with Gasteiger partial charge >= 0.3 is 0 Å². The Hall–Kier alpha value is -2.08. The molecule has 0 bridgehead atoms. The van der Waals surface area contributed by atoms with Crippen LogP contribution in [0.15, 0.2) is 10.6 Å². The fraction of sp³-hybridized carbons (Fsp3) is 0.579. The molecule has 134 valence electrons. The van der Waals surface area contributed by atoms with Crippen LogP contribution in [-0.2, 0) is 23.2 Å². The zero-order valence-corrected chi connectivity index (χ0v) is 15.1. The highest BCUT2D eigenvalue weighted by molar-refractivity contribution is 5.97. The van der Waals surface area contributed by atoms with Crippen LogP contribution < -0.4 is 0 Å². The van der Waals surface area contributed by atoms with E-state index < -0.39 is 5.60 Å². The van der Waals surface area contributed by atoms with Gasteiger partial charge in [-0.05, 0) is 45.6 Å². The highest BCUT2D eigenvalue weighted by Gasteiger charge is 2.39. The Kier molecular flexibility index (Phi) is 3.95. The van der Waals surface area contributed by atoms with Crippen LogP contribution in [0.1, 0.15) is 58.5 Å². The fourth-order valence-electron chi connectivity index (χ4n) is 4.22. The van der Waals surface area contributed by atoms with E-state index in [2.05, 4.69) is 10.2 Å². The molecule has 2 aromatic rings. The van der Waals surface area contributed by atoms with Gasteiger partial charge in [0, 0.05) is 18.5 Å². The smallest absolute Gasteiger partial charge is 0.257 e. The molecule has 3 heterocycles. The van der Waals surface area contributed by atoms with E-state index in [1.165, 1.54) is 0 Å². The summed E-state index contributed by atoms with van der Waals surface area (Å²) in [6, 6.07) is 0. The molecule has 0 spiro atoms. The lowest BCUT2D eigenvalue weighted by Crippen LogP contribution is -2.51. The van der Waals surface area contributed by atoms with Crippen molar-refractivity contribution in [3.05, 3.63) is 40.1 Å². The number of aryl methyl sites for hydroxylation is 3. The molecule has 1 amide bonds. The van der Waals surface area contributed by atoms with Gasteiger partial charge < -0.3 is 14.1 Å². The number of fused-ring (bicyclic) bond motifs is 1. The molecule has 1 N–H and O–H groups in total. The van der Waals surface area contributed by atoms with E-state index in [9.17, 15) is 4.79 Å². The van der Waals surface area contributed by atoms with Crippen molar-refractivity contribution in [1.29, 1.82) is 0 Å². The number of carbonyl (C=O) groups excluding carboxylic acids is 1. The quantitative estimate of drug-likeness (QED) is 0.910. The van der Waals surface area contributed by atoms with Crippen LogP contribution in [0, 0.1) is 13.8 Å². The standard InChI is InChI=1S/C19H25N3O3/c1-12-10-20-21-17(12)19(3)11-22(8-9-24-19)18(23)16-13(2)25-15-7-5-4-6-14(15)16/h10H,4-9,11H2,1-3H3,(H,20,21). The van der Waals surface area contributed by atoms with E-state index in [-0.39, 0.29) is 5.91 Å². The van der Waals surface area contributed by atoms with Gasteiger partial charge in [-0.1, -0.05) is 0 Å². The number of morpholine rings is 1. The van der Waals surface area contributed by atoms with E-state index in [0.717, 1.165) is 59.6 Å². The van der Waals surface area contributed by atoms with Gasteiger partial charge in [0.2, 0.25) is 0 Å². The maximum Gasteiger partial charge on any atom is 0.257 e. The third-order valence-electron chi connectivity index (χ3n) is 5.48. The van der Waals surface area contributed by atoms with Gasteiger partial charge in [-0.3, -0.25) is 9.89 Å². The van der Waals surface area contributed by atoms with Gasteiger partial charge in [-0.25, -0.2) is 0 Å². The molecule has 2 aliphatic rings. The van der Waals surface area contributed by atoms with Crippen molar-refractivity contribution in [2.75, 3.05) is 19.7 Å². The summed E-state index contributed by atoms with van der Waals surface area (Å²) in [6.07, 6.45) is 5.94. The number of aromatic nitrogens is 2. The summed E-state index contributed by atoms with van der Waals surface area (Å²) in [4.78, 5) is 15.2. The second kappa shape index (κ2) is 6.02. The Bertz CT molecular complexity index is 807. The van der Waals surface area contributed by atoms with Crippen LogP contribution >= 0.6 is 0 Å². The maximum atomic E-state index is 13.3. The first-order chi connectivity index (χ1) is 12.0. The minimum Gasteiger partial charge on any atom is -0.465 e. The van der Waals surface area contributed by atoms with Crippen LogP contribution in [0.4, 0.5) is 0 Å². The first kappa shape index (κ1) is 16.4. The number of ether oxygens (including phenoxy) is 1. The molecule has 1 unspecified atom stereocenters. The number of nitrogens with zero attached hydrogens (tertiary/aromatic N) is 2. The monoisotopic (exact) mass is 343 g/mol. The van der Waals surface area contributed by atoms with Crippen molar-refractivity contribution < 1.29 is 13.9 Å². The van der Waals surface area contributed by atoms with Gasteiger partial charge in [0.05, 0.1) is 30.6 Å². The number of hydrogen-bond acceptors (Lipinski definition) is 4. The van der Waals surface area contributed by atoms with E-state index in [1.807, 2.05) is 25.7 Å². The lowest BCUT2D eigenvalue weighted by Gasteiger charge is -2.40. The van der Waals surface area contributed by atoms with Crippen LogP contribution in [0.25, 0.3) is 0 Å². The summed E-state index contributed by atoms with van der Waals surface area (Å²) in [5.74, 6) is 1.83. The first-order valence-electron chi connectivity index (χ1n) is 9.04. The molecule has 1 atom stereocenters. The number of carbonyl (C=O) groups is 1. The SMILES string of the molecule is Cc1cn[nH]c1C1(C)CN(C(=O)c2c(C)oc3c2CCCC3)CCO1. The van der Waals surface area contributed by atoms with Crippen molar-refractivity contribution in [3.63, 3.8) is 0 Å². The number of rotatable bonds is 2. The summed E-state index contributed by atoms with van der Waals surface area (Å²) in [5, 5.41) is 7.15. The Morgan fingerprint density at radius 1 is 1.32 bits per heavy atom. The summed E-state index contributed by atoms with van der Waals surface area (Å²) in [7, 11) is 0. The van der Waals surface area contributed by atoms with E-state index in [4.69, 9.17) is 9.15 Å². The van der Waals surface area contributed by atoms with Crippen molar-refractivity contribution in [2.45, 2.75) is 52.1 Å². The van der Waals surface area contributed by atoms with Gasteiger partial charge in [0.25, 0.3) is 5.91 Å². The zero-order chi connectivity index (χ0) is 17.6. The molecule has 1 aliphatic heterocycles. The Morgan fingerprint density at radius 3 is 2.88 bits per heavy atom. The van der Waals surface area contributed by atoms with Gasteiger partial charge in [-0.15, -0.1) is 0 Å². The number of amides is 1. The lowest BCUT2D eigenvalue weighted by atomic mass is 9.93. The topological polar surface area (TPSA) is 71.4 Å². The lowest BCUT2D eigenvalue weighted by molar-refractivity contribution is -0.0958. The molecule has 0 radical (unpaired) electrons. The largest absolute Gasteiger partial charge is 0.465 e. The molecule has 1 aliphatic carbocycles. The number of hydrogen-bond donors (Lipinski definition) is 1. The number of nitrogens with one attached hydrogen (secondary N) is 1. The highest BCUT2D eigenvalue weighted by Crippen LogP contribution is 2.34. The Morgan fingerprint density at radius 2 is 2.12 bits per heavy atom. The van der Waals surface area contributed by atoms with Crippen molar-refractivity contribution in [1.82, 2.24) is 15.1 Å². The maximum absolute atomic E-state index is 13.3. The zero-order valence-electron chi connectivity index (χ0n) is 15.1. The molecular formula is C19H25N3O3. The minimum atomic E-state index is -0.563. The average molecular weight is 343 g/mol. The predicted molar refractivity (Wildman–Crippen MR) is 92.6 cm³/mol. The Balaban J connectivity index is 1.63. The van der Waals surface area contributed by atoms with Crippen molar-refractivity contribution >= 4 is 5.91 Å². The third-order valence-corrected chi connectivity index (χ3v) is 5.48. The fourth-order valence-corrected chi connectivity index (χ4v) is 4.22. The van der Waals surface area contributed by atoms with E-state index in [0.29, 0.717) is 19.7 Å². The first-order valence-corrected chi connectivity index (χ1v) is 9.04. The second-order valence-electron chi connectivity index (χ2n) is 7.38. The third kappa shape index (κ3) is 2.68. The van der Waals surface area contributed by atoms with Crippen LogP contribution in [0.5, 0.6) is 0 Å². The summed E-state index contributed by atoms with van der Waals surface area (Å²) in [5.41, 5.74) is 3.33. The molecule has 25 heavy (non-hydrogen) atoms. The van der Waals surface area contributed by atoms with Crippen LogP contribution in [0.3, 0.4) is 0 Å². The molecule has 0 saturated carbocycles. The summed E-state index contributed by atoms with van der Waals surface area (Å²) >= 11 is 0. The van der Waals surface area contributed by atoms with E-state index in [1.54, 1.807) is 6.20 Å². The summed E-state index contributed by atoms with van der Waals surface area (Å²) < 4.78 is 11.9. The second-order valence-corrected chi connectivity index (χ2v) is 7.38. The Labute approximate surface area is 147 Å². The molecular weight excluding hydrogens is 318 g/mol. The van der Waals surface area contributed by atoms with Gasteiger partial charge in [-0.2, -0.15) is 5.10 Å². The van der Waals surface area contributed by atoms with Gasteiger partial charge in [0.1, 0.15) is 17.1 Å². The summed E-state index contributed by atoms with van der Waals surface area (Å²) in [6.45, 7) is 7.55. The number of H-pyrrole nitrogens is 1. The highest BCUT2D eigenvalue weighted by atomic mass is 16.5. The van der Waals surface area contributed by atoms with Crippen molar-refractivity contribution in [2.24, 2.45) is 0 Å². The number of furan rings is 1. The molecule has 0 aromatic carbocycles. The minimum absolute atomic E-state index is 0.0658. The molecule has 6 heteroatoms. The number of aromatic amines is 1. The molecule has 1 saturated heterocycles. The van der Waals surface area contributed by atoms with Crippen LogP contribution in [0.2, 0.25) is 0 Å². The normalized spacial score (nSPS) is 23.6. The van der Waals surface area contributed by atoms with Crippen LogP contribution in [-0.4, -0.2) is 40.7 Å². The van der Waals surface area contributed by atoms with Crippen molar-refractivity contribution in [3.8, 4) is 0 Å².